The van der Waals surface area contributed by atoms with E-state index in [-0.39, 0.29) is 25.2 Å². The number of aliphatic hydroxyl groups is 1. The van der Waals surface area contributed by atoms with Crippen molar-refractivity contribution in [2.24, 2.45) is 5.92 Å². The van der Waals surface area contributed by atoms with Crippen molar-refractivity contribution in [1.82, 2.24) is 0 Å². The fraction of sp³-hybridized carbons (Fsp3) is 0.200. The lowest BCUT2D eigenvalue weighted by atomic mass is 9.82. The number of carbonyl (C=O) groups excluding carboxylic acids is 2. The van der Waals surface area contributed by atoms with E-state index in [2.05, 4.69) is 5.32 Å². The van der Waals surface area contributed by atoms with E-state index in [9.17, 15) is 23.5 Å². The highest BCUT2D eigenvalue weighted by atomic mass is 19.1. The highest BCUT2D eigenvalue weighted by molar-refractivity contribution is 6.00. The van der Waals surface area contributed by atoms with Crippen LogP contribution in [0.25, 0.3) is 0 Å². The highest BCUT2D eigenvalue weighted by Gasteiger charge is 2.32. The Hall–Kier alpha value is -5.54. The lowest BCUT2D eigenvalue weighted by Crippen LogP contribution is -2.29. The van der Waals surface area contributed by atoms with Gasteiger partial charge in [-0.3, -0.25) is 9.69 Å². The Balaban J connectivity index is 1.33. The molecule has 1 amide bonds. The van der Waals surface area contributed by atoms with Gasteiger partial charge < -0.3 is 19.9 Å². The van der Waals surface area contributed by atoms with Crippen molar-refractivity contribution in [3.8, 4) is 5.75 Å². The van der Waals surface area contributed by atoms with Crippen LogP contribution in [-0.2, 0) is 11.3 Å². The number of ketones is 1. The van der Waals surface area contributed by atoms with Crippen LogP contribution < -0.4 is 15.0 Å². The van der Waals surface area contributed by atoms with E-state index in [1.807, 2.05) is 54.6 Å². The third kappa shape index (κ3) is 8.49. The van der Waals surface area contributed by atoms with Gasteiger partial charge in [-0.15, -0.1) is 0 Å². The number of Topliss-reactive ketones (excluding diaryl/α,β-unsaturated/α-hetero) is 1. The first-order valence-electron chi connectivity index (χ1n) is 16.1. The van der Waals surface area contributed by atoms with E-state index in [0.29, 0.717) is 41.4 Å². The smallest absolute Gasteiger partial charge is 0.414 e. The summed E-state index contributed by atoms with van der Waals surface area (Å²) in [6.07, 6.45) is -1.01. The number of halogens is 2. The Kier molecular flexibility index (Phi) is 10.6. The number of cyclic esters (lactones) is 1. The van der Waals surface area contributed by atoms with Crippen LogP contribution >= 0.6 is 0 Å². The molecule has 0 spiro atoms. The van der Waals surface area contributed by atoms with E-state index >= 15 is 0 Å². The third-order valence-corrected chi connectivity index (χ3v) is 8.60. The minimum atomic E-state index is -0.957. The fourth-order valence-corrected chi connectivity index (χ4v) is 5.96. The Morgan fingerprint density at radius 2 is 1.49 bits per heavy atom. The van der Waals surface area contributed by atoms with Gasteiger partial charge in [0.25, 0.3) is 0 Å². The molecule has 0 unspecified atom stereocenters. The van der Waals surface area contributed by atoms with Crippen molar-refractivity contribution in [3.63, 3.8) is 0 Å². The molecule has 250 valence electrons. The Morgan fingerprint density at radius 1 is 0.816 bits per heavy atom. The summed E-state index contributed by atoms with van der Waals surface area (Å²) < 4.78 is 38.6. The molecular weight excluding hydrogens is 626 g/mol. The standard InChI is InChI=1S/C40H36F2N2O5/c41-31-13-9-28(10-14-31)37(45)22-21-36(39(46)30-7-4-8-34(25-30)44-23-24-48-40(44)47)38(43-33-17-15-32(42)16-18-33)29-11-19-35(20-12-29)49-26-27-5-2-1-3-6-27/h1-20,25,36-38,43,45H,21-24,26H2/t36-,37+,38-/m1/s1. The minimum absolute atomic E-state index is 0.194. The van der Waals surface area contributed by atoms with Gasteiger partial charge in [-0.2, -0.15) is 0 Å². The molecule has 5 aromatic rings. The minimum Gasteiger partial charge on any atom is -0.489 e. The van der Waals surface area contributed by atoms with Gasteiger partial charge >= 0.3 is 6.09 Å². The van der Waals surface area contributed by atoms with Crippen LogP contribution in [0.1, 0.15) is 52.0 Å². The predicted octanol–water partition coefficient (Wildman–Crippen LogP) is 8.67. The Labute approximate surface area is 283 Å². The third-order valence-electron chi connectivity index (χ3n) is 8.60. The monoisotopic (exact) mass is 662 g/mol. The molecule has 1 aliphatic rings. The van der Waals surface area contributed by atoms with Crippen LogP contribution in [0.2, 0.25) is 0 Å². The number of benzene rings is 5. The molecule has 5 aromatic carbocycles. The van der Waals surface area contributed by atoms with Gasteiger partial charge in [0, 0.05) is 22.9 Å². The molecule has 3 atom stereocenters. The zero-order valence-electron chi connectivity index (χ0n) is 26.7. The number of nitrogens with one attached hydrogen (secondary N) is 1. The number of ether oxygens (including phenoxy) is 2. The Bertz CT molecular complexity index is 1850. The fourth-order valence-electron chi connectivity index (χ4n) is 5.96. The quantitative estimate of drug-likeness (QED) is 0.116. The summed E-state index contributed by atoms with van der Waals surface area (Å²) >= 11 is 0. The van der Waals surface area contributed by atoms with Gasteiger partial charge in [0.1, 0.15) is 30.6 Å². The molecule has 1 saturated heterocycles. The van der Waals surface area contributed by atoms with Crippen LogP contribution in [0, 0.1) is 17.6 Å². The van der Waals surface area contributed by atoms with E-state index in [1.165, 1.54) is 41.3 Å². The molecule has 1 aliphatic heterocycles. The predicted molar refractivity (Wildman–Crippen MR) is 184 cm³/mol. The maximum absolute atomic E-state index is 14.6. The second-order valence-electron chi connectivity index (χ2n) is 11.9. The van der Waals surface area contributed by atoms with Crippen molar-refractivity contribution >= 4 is 23.3 Å². The summed E-state index contributed by atoms with van der Waals surface area (Å²) in [6, 6.07) is 35.0. The lowest BCUT2D eigenvalue weighted by molar-refractivity contribution is 0.0872. The van der Waals surface area contributed by atoms with E-state index in [1.54, 1.807) is 36.4 Å². The molecule has 0 radical (unpaired) electrons. The highest BCUT2D eigenvalue weighted by Crippen LogP contribution is 2.36. The normalized spacial score (nSPS) is 14.5. The van der Waals surface area contributed by atoms with Crippen molar-refractivity contribution < 1.29 is 33.0 Å². The SMILES string of the molecule is O=C(c1cccc(N2CCOC2=O)c1)[C@H](CC[C@H](O)c1ccc(F)cc1)[C@H](Nc1ccc(F)cc1)c1ccc(OCc2ccccc2)cc1. The summed E-state index contributed by atoms with van der Waals surface area (Å²) in [6.45, 7) is 1.02. The largest absolute Gasteiger partial charge is 0.489 e. The first kappa shape index (κ1) is 33.4. The number of hydrogen-bond acceptors (Lipinski definition) is 6. The van der Waals surface area contributed by atoms with Gasteiger partial charge in [-0.25, -0.2) is 13.6 Å². The molecule has 0 saturated carbocycles. The average Bonchev–Trinajstić information content (AvgIpc) is 3.57. The molecule has 7 nitrogen and oxygen atoms in total. The molecule has 9 heteroatoms. The van der Waals surface area contributed by atoms with E-state index < -0.39 is 35.8 Å². The van der Waals surface area contributed by atoms with Gasteiger partial charge in [-0.05, 0) is 90.2 Å². The summed E-state index contributed by atoms with van der Waals surface area (Å²) in [5, 5.41) is 14.6. The second kappa shape index (κ2) is 15.6. The molecule has 0 aliphatic carbocycles. The topological polar surface area (TPSA) is 88.1 Å². The van der Waals surface area contributed by atoms with Gasteiger partial charge in [0.05, 0.1) is 18.7 Å². The van der Waals surface area contributed by atoms with Crippen LogP contribution in [0.15, 0.2) is 127 Å². The van der Waals surface area contributed by atoms with Gasteiger partial charge in [0.2, 0.25) is 0 Å². The van der Waals surface area contributed by atoms with Crippen molar-refractivity contribution in [3.05, 3.63) is 161 Å². The van der Waals surface area contributed by atoms with Crippen LogP contribution in [-0.4, -0.2) is 30.1 Å². The van der Waals surface area contributed by atoms with E-state index in [0.717, 1.165) is 11.1 Å². The average molecular weight is 663 g/mol. The molecule has 1 fully saturated rings. The first-order chi connectivity index (χ1) is 23.8. The van der Waals surface area contributed by atoms with Crippen molar-refractivity contribution in [1.29, 1.82) is 0 Å². The summed E-state index contributed by atoms with van der Waals surface area (Å²) in [7, 11) is 0. The number of carbonyl (C=O) groups is 2. The molecule has 6 rings (SSSR count). The van der Waals surface area contributed by atoms with Crippen molar-refractivity contribution in [2.45, 2.75) is 31.6 Å². The number of hydrogen-bond donors (Lipinski definition) is 2. The maximum Gasteiger partial charge on any atom is 0.414 e. The first-order valence-corrected chi connectivity index (χ1v) is 16.1. The van der Waals surface area contributed by atoms with Crippen LogP contribution in [0.4, 0.5) is 25.0 Å². The number of rotatable bonds is 14. The molecule has 0 aromatic heterocycles. The van der Waals surface area contributed by atoms with Crippen LogP contribution in [0.3, 0.4) is 0 Å². The summed E-state index contributed by atoms with van der Waals surface area (Å²) in [4.78, 5) is 28.4. The molecule has 0 bridgehead atoms. The van der Waals surface area contributed by atoms with Gasteiger partial charge in [0.15, 0.2) is 5.78 Å². The molecule has 49 heavy (non-hydrogen) atoms. The van der Waals surface area contributed by atoms with Gasteiger partial charge in [-0.1, -0.05) is 66.7 Å². The zero-order chi connectivity index (χ0) is 34.2. The summed E-state index contributed by atoms with van der Waals surface area (Å²) in [5.74, 6) is -1.12. The second-order valence-corrected chi connectivity index (χ2v) is 11.9. The van der Waals surface area contributed by atoms with E-state index in [4.69, 9.17) is 9.47 Å². The number of amides is 1. The number of aliphatic hydroxyl groups excluding tert-OH is 1. The maximum atomic E-state index is 14.6. The summed E-state index contributed by atoms with van der Waals surface area (Å²) in [5.41, 5.74) is 3.85. The number of anilines is 2. The molecular formula is C40H36F2N2O5. The number of nitrogens with zero attached hydrogens (tertiary/aromatic N) is 1. The van der Waals surface area contributed by atoms with Crippen molar-refractivity contribution in [2.75, 3.05) is 23.4 Å². The molecule has 2 N–H and O–H groups in total. The molecule has 1 heterocycles. The zero-order valence-corrected chi connectivity index (χ0v) is 26.7. The Morgan fingerprint density at radius 3 is 2.16 bits per heavy atom. The lowest BCUT2D eigenvalue weighted by Gasteiger charge is -2.30. The van der Waals surface area contributed by atoms with Crippen LogP contribution in [0.5, 0.6) is 5.75 Å².